The van der Waals surface area contributed by atoms with Crippen molar-refractivity contribution < 1.29 is 4.79 Å². The maximum absolute atomic E-state index is 13.0. The Kier molecular flexibility index (Phi) is 5.51. The SMILES string of the molecule is CC(C)(C(=O)N1CCN(Cc2ccccc2Cl)CC1)n1cc(Br)cn1. The Hall–Kier alpha value is -1.37. The highest BCUT2D eigenvalue weighted by molar-refractivity contribution is 9.10. The summed E-state index contributed by atoms with van der Waals surface area (Å²) in [5.41, 5.74) is 0.433. The van der Waals surface area contributed by atoms with Crippen molar-refractivity contribution in [3.63, 3.8) is 0 Å². The summed E-state index contributed by atoms with van der Waals surface area (Å²) < 4.78 is 2.59. The molecule has 0 aliphatic carbocycles. The van der Waals surface area contributed by atoms with Crippen LogP contribution in [0.3, 0.4) is 0 Å². The van der Waals surface area contributed by atoms with Gasteiger partial charge in [0, 0.05) is 43.9 Å². The van der Waals surface area contributed by atoms with E-state index in [-0.39, 0.29) is 5.91 Å². The lowest BCUT2D eigenvalue weighted by Gasteiger charge is -2.38. The van der Waals surface area contributed by atoms with Crippen molar-refractivity contribution in [3.05, 3.63) is 51.7 Å². The van der Waals surface area contributed by atoms with E-state index in [4.69, 9.17) is 11.6 Å². The van der Waals surface area contributed by atoms with Crippen molar-refractivity contribution in [1.29, 1.82) is 0 Å². The Balaban J connectivity index is 1.60. The Labute approximate surface area is 161 Å². The number of halogens is 2. The number of rotatable bonds is 4. The number of carbonyl (C=O) groups is 1. The van der Waals surface area contributed by atoms with Crippen LogP contribution in [0.1, 0.15) is 19.4 Å². The van der Waals surface area contributed by atoms with E-state index in [0.29, 0.717) is 0 Å². The highest BCUT2D eigenvalue weighted by Crippen LogP contribution is 2.22. The Morgan fingerprint density at radius 1 is 1.24 bits per heavy atom. The minimum atomic E-state index is -0.697. The molecule has 1 amide bonds. The summed E-state index contributed by atoms with van der Waals surface area (Å²) >= 11 is 9.64. The zero-order valence-corrected chi connectivity index (χ0v) is 16.8. The fraction of sp³-hybridized carbons (Fsp3) is 0.444. The first-order chi connectivity index (χ1) is 11.9. The first kappa shape index (κ1) is 18.4. The number of nitrogens with zero attached hydrogens (tertiary/aromatic N) is 4. The van der Waals surface area contributed by atoms with Gasteiger partial charge in [0.1, 0.15) is 5.54 Å². The molecule has 1 aromatic heterocycles. The molecule has 0 radical (unpaired) electrons. The van der Waals surface area contributed by atoms with Crippen molar-refractivity contribution in [3.8, 4) is 0 Å². The second-order valence-electron chi connectivity index (χ2n) is 6.82. The van der Waals surface area contributed by atoms with Gasteiger partial charge in [-0.1, -0.05) is 29.8 Å². The normalized spacial score (nSPS) is 16.2. The Bertz CT molecular complexity index is 753. The lowest BCUT2D eigenvalue weighted by molar-refractivity contribution is -0.141. The van der Waals surface area contributed by atoms with Gasteiger partial charge in [0.05, 0.1) is 10.7 Å². The molecule has 1 saturated heterocycles. The zero-order chi connectivity index (χ0) is 18.0. The van der Waals surface area contributed by atoms with E-state index in [1.807, 2.05) is 43.1 Å². The van der Waals surface area contributed by atoms with E-state index in [0.717, 1.165) is 47.8 Å². The number of amides is 1. The number of carbonyl (C=O) groups excluding carboxylic acids is 1. The second kappa shape index (κ2) is 7.48. The summed E-state index contributed by atoms with van der Waals surface area (Å²) in [4.78, 5) is 17.2. The third-order valence-corrected chi connectivity index (χ3v) is 5.44. The summed E-state index contributed by atoms with van der Waals surface area (Å²) in [5.74, 6) is 0.0977. The molecule has 2 heterocycles. The molecule has 3 rings (SSSR count). The molecule has 0 saturated carbocycles. The summed E-state index contributed by atoms with van der Waals surface area (Å²) in [6.07, 6.45) is 3.54. The van der Waals surface area contributed by atoms with Crippen LogP contribution in [0.2, 0.25) is 5.02 Å². The Morgan fingerprint density at radius 3 is 2.52 bits per heavy atom. The number of aromatic nitrogens is 2. The smallest absolute Gasteiger partial charge is 0.250 e. The van der Waals surface area contributed by atoms with Gasteiger partial charge in [-0.15, -0.1) is 0 Å². The highest BCUT2D eigenvalue weighted by Gasteiger charge is 2.36. The third kappa shape index (κ3) is 4.07. The number of piperazine rings is 1. The molecule has 5 nitrogen and oxygen atoms in total. The van der Waals surface area contributed by atoms with E-state index in [9.17, 15) is 4.79 Å². The van der Waals surface area contributed by atoms with Gasteiger partial charge in [0.2, 0.25) is 5.91 Å². The lowest BCUT2D eigenvalue weighted by Crippen LogP contribution is -2.54. The van der Waals surface area contributed by atoms with Crippen LogP contribution >= 0.6 is 27.5 Å². The molecule has 1 aliphatic rings. The van der Waals surface area contributed by atoms with E-state index in [1.165, 1.54) is 0 Å². The summed E-state index contributed by atoms with van der Waals surface area (Å²) in [5, 5.41) is 5.08. The largest absolute Gasteiger partial charge is 0.338 e. The van der Waals surface area contributed by atoms with Gasteiger partial charge in [0.15, 0.2) is 0 Å². The minimum Gasteiger partial charge on any atom is -0.338 e. The van der Waals surface area contributed by atoms with Crippen LogP contribution in [0.25, 0.3) is 0 Å². The molecule has 0 atom stereocenters. The van der Waals surface area contributed by atoms with Gasteiger partial charge >= 0.3 is 0 Å². The molecule has 134 valence electrons. The van der Waals surface area contributed by atoms with Crippen LogP contribution in [-0.2, 0) is 16.9 Å². The molecule has 0 unspecified atom stereocenters. The summed E-state index contributed by atoms with van der Waals surface area (Å²) in [6.45, 7) is 7.75. The molecule has 2 aromatic rings. The van der Waals surface area contributed by atoms with Crippen LogP contribution in [0.4, 0.5) is 0 Å². The predicted octanol–water partition coefficient (Wildman–Crippen LogP) is 3.38. The molecule has 7 heteroatoms. The second-order valence-corrected chi connectivity index (χ2v) is 8.14. The maximum Gasteiger partial charge on any atom is 0.250 e. The van der Waals surface area contributed by atoms with Crippen LogP contribution in [0, 0.1) is 0 Å². The van der Waals surface area contributed by atoms with E-state index >= 15 is 0 Å². The van der Waals surface area contributed by atoms with E-state index in [1.54, 1.807) is 10.9 Å². The van der Waals surface area contributed by atoms with Gasteiger partial charge in [-0.05, 0) is 41.4 Å². The molecule has 1 aromatic carbocycles. The average molecular weight is 426 g/mol. The molecular formula is C18H22BrClN4O. The monoisotopic (exact) mass is 424 g/mol. The minimum absolute atomic E-state index is 0.0977. The van der Waals surface area contributed by atoms with Gasteiger partial charge < -0.3 is 4.90 Å². The quantitative estimate of drug-likeness (QED) is 0.754. The predicted molar refractivity (Wildman–Crippen MR) is 103 cm³/mol. The van der Waals surface area contributed by atoms with Crippen LogP contribution in [0.5, 0.6) is 0 Å². The lowest BCUT2D eigenvalue weighted by atomic mass is 10.0. The van der Waals surface area contributed by atoms with Crippen molar-refractivity contribution in [1.82, 2.24) is 19.6 Å². The summed E-state index contributed by atoms with van der Waals surface area (Å²) in [6, 6.07) is 7.92. The fourth-order valence-corrected chi connectivity index (χ4v) is 3.55. The van der Waals surface area contributed by atoms with Gasteiger partial charge in [-0.2, -0.15) is 5.10 Å². The van der Waals surface area contributed by atoms with Crippen LogP contribution < -0.4 is 0 Å². The van der Waals surface area contributed by atoms with Crippen molar-refractivity contribution in [2.24, 2.45) is 0 Å². The maximum atomic E-state index is 13.0. The molecule has 1 aliphatic heterocycles. The third-order valence-electron chi connectivity index (χ3n) is 4.66. The number of benzene rings is 1. The molecule has 0 bridgehead atoms. The summed E-state index contributed by atoms with van der Waals surface area (Å²) in [7, 11) is 0. The first-order valence-electron chi connectivity index (χ1n) is 8.34. The number of hydrogen-bond acceptors (Lipinski definition) is 3. The topological polar surface area (TPSA) is 41.4 Å². The zero-order valence-electron chi connectivity index (χ0n) is 14.5. The molecular weight excluding hydrogens is 404 g/mol. The Morgan fingerprint density at radius 2 is 1.92 bits per heavy atom. The molecule has 25 heavy (non-hydrogen) atoms. The molecule has 0 spiro atoms. The van der Waals surface area contributed by atoms with Gasteiger partial charge in [0.25, 0.3) is 0 Å². The van der Waals surface area contributed by atoms with Crippen molar-refractivity contribution >= 4 is 33.4 Å². The fourth-order valence-electron chi connectivity index (χ4n) is 3.07. The van der Waals surface area contributed by atoms with E-state index < -0.39 is 5.54 Å². The highest BCUT2D eigenvalue weighted by atomic mass is 79.9. The van der Waals surface area contributed by atoms with Crippen molar-refractivity contribution in [2.45, 2.75) is 25.9 Å². The first-order valence-corrected chi connectivity index (χ1v) is 9.51. The average Bonchev–Trinajstić information content (AvgIpc) is 3.04. The van der Waals surface area contributed by atoms with Crippen molar-refractivity contribution in [2.75, 3.05) is 26.2 Å². The van der Waals surface area contributed by atoms with E-state index in [2.05, 4.69) is 32.0 Å². The van der Waals surface area contributed by atoms with Crippen LogP contribution in [-0.4, -0.2) is 51.7 Å². The van der Waals surface area contributed by atoms with Crippen LogP contribution in [0.15, 0.2) is 41.1 Å². The molecule has 1 fully saturated rings. The standard InChI is InChI=1S/C18H22BrClN4O/c1-18(2,24-13-15(19)11-21-24)17(25)23-9-7-22(8-10-23)12-14-5-3-4-6-16(14)20/h3-6,11,13H,7-10,12H2,1-2H3. The number of hydrogen-bond donors (Lipinski definition) is 0. The van der Waals surface area contributed by atoms with Gasteiger partial charge in [-0.3, -0.25) is 14.4 Å². The van der Waals surface area contributed by atoms with Gasteiger partial charge in [-0.25, -0.2) is 0 Å². The molecule has 0 N–H and O–H groups in total.